The van der Waals surface area contributed by atoms with E-state index in [1.807, 2.05) is 24.4 Å². The number of amides is 1. The van der Waals surface area contributed by atoms with Crippen LogP contribution in [0.2, 0.25) is 0 Å². The maximum atomic E-state index is 13.4. The normalized spacial score (nSPS) is 36.3. The van der Waals surface area contributed by atoms with E-state index < -0.39 is 65.4 Å². The molecule has 4 rings (SSSR count). The van der Waals surface area contributed by atoms with E-state index in [9.17, 15) is 29.7 Å². The van der Waals surface area contributed by atoms with Crippen molar-refractivity contribution in [2.45, 2.75) is 79.3 Å². The van der Waals surface area contributed by atoms with Gasteiger partial charge in [0, 0.05) is 19.6 Å². The second-order valence-corrected chi connectivity index (χ2v) is 12.2. The molecule has 3 aliphatic heterocycles. The zero-order valence-electron chi connectivity index (χ0n) is 21.1. The van der Waals surface area contributed by atoms with E-state index in [2.05, 4.69) is 10.3 Å². The van der Waals surface area contributed by atoms with Gasteiger partial charge in [0.2, 0.25) is 11.4 Å². The van der Waals surface area contributed by atoms with Crippen molar-refractivity contribution >= 4 is 64.3 Å². The summed E-state index contributed by atoms with van der Waals surface area (Å²) >= 11 is 9.96. The van der Waals surface area contributed by atoms with Crippen LogP contribution in [-0.4, -0.2) is 115 Å². The number of thiophene rings is 1. The summed E-state index contributed by atoms with van der Waals surface area (Å²) in [6.45, 7) is 4.90. The lowest BCUT2D eigenvalue weighted by Crippen LogP contribution is -2.81. The molecular formula is C23H30ClN5O7S2. The summed E-state index contributed by atoms with van der Waals surface area (Å²) in [7, 11) is 0. The van der Waals surface area contributed by atoms with E-state index in [0.717, 1.165) is 9.11 Å². The van der Waals surface area contributed by atoms with Gasteiger partial charge in [-0.3, -0.25) is 24.3 Å². The lowest BCUT2D eigenvalue weighted by molar-refractivity contribution is -0.162. The van der Waals surface area contributed by atoms with Gasteiger partial charge >= 0.3 is 0 Å². The number of aliphatic imine (C=N–C) groups is 2. The Kier molecular flexibility index (Phi) is 8.25. The van der Waals surface area contributed by atoms with Gasteiger partial charge in [-0.2, -0.15) is 0 Å². The smallest absolute Gasteiger partial charge is 0.253 e. The molecule has 4 N–H and O–H groups in total. The number of fused-ring (bicyclic) bond motifs is 1. The van der Waals surface area contributed by atoms with E-state index in [4.69, 9.17) is 21.3 Å². The minimum Gasteiger partial charge on any atom is -0.394 e. The predicted octanol–water partition coefficient (Wildman–Crippen LogP) is -0.00270. The number of nitrogens with zero attached hydrogens (tertiary/aromatic N) is 4. The summed E-state index contributed by atoms with van der Waals surface area (Å²) in [4.78, 5) is 50.8. The van der Waals surface area contributed by atoms with Gasteiger partial charge in [0.15, 0.2) is 24.0 Å². The van der Waals surface area contributed by atoms with Crippen molar-refractivity contribution in [1.29, 1.82) is 0 Å². The molecule has 0 radical (unpaired) electrons. The minimum absolute atomic E-state index is 0.0116. The van der Waals surface area contributed by atoms with Crippen LogP contribution in [0.4, 0.5) is 0 Å². The Morgan fingerprint density at radius 1 is 1.29 bits per heavy atom. The number of rotatable bonds is 8. The topological polar surface area (TPSA) is 164 Å². The molecule has 0 aliphatic carbocycles. The van der Waals surface area contributed by atoms with E-state index in [0.29, 0.717) is 5.75 Å². The highest BCUT2D eigenvalue weighted by atomic mass is 35.5. The van der Waals surface area contributed by atoms with Crippen molar-refractivity contribution < 1.29 is 34.4 Å². The van der Waals surface area contributed by atoms with Gasteiger partial charge in [0.25, 0.3) is 5.12 Å². The van der Waals surface area contributed by atoms with Gasteiger partial charge in [0.05, 0.1) is 23.2 Å². The van der Waals surface area contributed by atoms with Crippen LogP contribution < -0.4 is 5.32 Å². The van der Waals surface area contributed by atoms with Crippen molar-refractivity contribution in [3.8, 4) is 0 Å². The molecule has 208 valence electrons. The fraction of sp³-hybridized carbons (Fsp3) is 0.609. The molecule has 1 aromatic heterocycles. The Bertz CT molecular complexity index is 1150. The van der Waals surface area contributed by atoms with Crippen LogP contribution in [-0.2, 0) is 19.1 Å². The standard InChI is InChI=1S/C23H30ClN5O7S2/c1-11(9-38-16-6-5-7-37-16)26-20-22(12(2)31)21(29(14(4)33)23(24,27-20)13(3)32)28(10-25-22)19-18(35)17(34)15(8-30)36-19/h5-7,10-11,15,17-19,21,30,34-35H,8-9H2,1-4H3,(H,26,27)/t11-,15-,17?,18?,19-,21?,22?,23?/m1/s1. The first kappa shape index (κ1) is 28.9. The lowest BCUT2D eigenvalue weighted by atomic mass is 9.85. The fourth-order valence-corrected chi connectivity index (χ4v) is 6.89. The molecule has 0 spiro atoms. The van der Waals surface area contributed by atoms with Crippen molar-refractivity contribution in [3.63, 3.8) is 0 Å². The van der Waals surface area contributed by atoms with Crippen LogP contribution in [0, 0.1) is 0 Å². The maximum Gasteiger partial charge on any atom is 0.253 e. The van der Waals surface area contributed by atoms with Crippen molar-refractivity contribution in [2.24, 2.45) is 9.98 Å². The summed E-state index contributed by atoms with van der Waals surface area (Å²) in [6, 6.07) is 3.55. The Hall–Kier alpha value is -2.07. The number of halogens is 1. The molecule has 0 aromatic carbocycles. The zero-order valence-corrected chi connectivity index (χ0v) is 23.5. The van der Waals surface area contributed by atoms with Crippen LogP contribution >= 0.6 is 34.7 Å². The molecular weight excluding hydrogens is 558 g/mol. The number of Topliss-reactive ketones (excluding diaryl/α,β-unsaturated/α-hetero) is 2. The summed E-state index contributed by atoms with van der Waals surface area (Å²) < 4.78 is 6.77. The molecule has 5 unspecified atom stereocenters. The minimum atomic E-state index is -2.14. The predicted molar refractivity (Wildman–Crippen MR) is 142 cm³/mol. The zero-order chi connectivity index (χ0) is 28.0. The molecule has 1 aromatic rings. The van der Waals surface area contributed by atoms with Crippen molar-refractivity contribution in [1.82, 2.24) is 15.1 Å². The van der Waals surface area contributed by atoms with Crippen LogP contribution in [0.15, 0.2) is 31.7 Å². The quantitative estimate of drug-likeness (QED) is 0.185. The number of hydrogen-bond donors (Lipinski definition) is 4. The number of thioether (sulfide) groups is 1. The second kappa shape index (κ2) is 10.8. The first-order valence-corrected chi connectivity index (χ1v) is 14.1. The van der Waals surface area contributed by atoms with Crippen LogP contribution in [0.3, 0.4) is 0 Å². The van der Waals surface area contributed by atoms with Crippen molar-refractivity contribution in [3.05, 3.63) is 17.5 Å². The van der Waals surface area contributed by atoms with Crippen LogP contribution in [0.1, 0.15) is 27.7 Å². The number of ketones is 2. The SMILES string of the molecule is CC(=O)N1C2N([C@@H]3O[C@H](CO)C(O)C3O)C=NC2(C(C)=O)C(=N[C@H](C)CSc2cccs2)NC1(Cl)C(C)=O. The average molecular weight is 588 g/mol. The monoisotopic (exact) mass is 587 g/mol. The number of carbonyl (C=O) groups is 3. The van der Waals surface area contributed by atoms with Gasteiger partial charge in [-0.05, 0) is 25.3 Å². The Morgan fingerprint density at radius 2 is 2.00 bits per heavy atom. The molecule has 38 heavy (non-hydrogen) atoms. The molecule has 4 heterocycles. The Labute approximate surface area is 232 Å². The molecule has 8 atom stereocenters. The first-order valence-electron chi connectivity index (χ1n) is 11.9. The van der Waals surface area contributed by atoms with Gasteiger partial charge < -0.3 is 30.3 Å². The molecule has 2 fully saturated rings. The number of amidine groups is 1. The highest BCUT2D eigenvalue weighted by Gasteiger charge is 2.68. The van der Waals surface area contributed by atoms with Crippen molar-refractivity contribution in [2.75, 3.05) is 12.4 Å². The first-order chi connectivity index (χ1) is 17.9. The highest BCUT2D eigenvalue weighted by Crippen LogP contribution is 2.43. The van der Waals surface area contributed by atoms with Gasteiger partial charge in [0.1, 0.15) is 24.1 Å². The molecule has 3 aliphatic rings. The number of hydrogen-bond acceptors (Lipinski definition) is 12. The van der Waals surface area contributed by atoms with Gasteiger partial charge in [-0.15, -0.1) is 23.1 Å². The molecule has 0 saturated carbocycles. The molecule has 1 amide bonds. The van der Waals surface area contributed by atoms with E-state index in [1.54, 1.807) is 23.1 Å². The number of ether oxygens (including phenoxy) is 1. The summed E-state index contributed by atoms with van der Waals surface area (Å²) in [5.41, 5.74) is -1.84. The fourth-order valence-electron chi connectivity index (χ4n) is 4.84. The van der Waals surface area contributed by atoms with Crippen LogP contribution in [0.5, 0.6) is 0 Å². The lowest BCUT2D eigenvalue weighted by Gasteiger charge is -2.54. The average Bonchev–Trinajstić information content (AvgIpc) is 3.57. The number of carbonyl (C=O) groups excluding carboxylic acids is 3. The number of alkyl halides is 1. The Balaban J connectivity index is 1.81. The van der Waals surface area contributed by atoms with E-state index in [-0.39, 0.29) is 11.9 Å². The third-order valence-corrected chi connectivity index (χ3v) is 9.65. The Morgan fingerprint density at radius 3 is 2.53 bits per heavy atom. The largest absolute Gasteiger partial charge is 0.394 e. The molecule has 2 saturated heterocycles. The van der Waals surface area contributed by atoms with E-state index >= 15 is 0 Å². The number of aliphatic hydroxyl groups is 3. The molecule has 0 bridgehead atoms. The van der Waals surface area contributed by atoms with Gasteiger partial charge in [-0.25, -0.2) is 4.99 Å². The van der Waals surface area contributed by atoms with Gasteiger partial charge in [-0.1, -0.05) is 17.7 Å². The highest BCUT2D eigenvalue weighted by molar-refractivity contribution is 8.01. The third-order valence-electron chi connectivity index (χ3n) is 6.74. The summed E-state index contributed by atoms with van der Waals surface area (Å²) in [5.74, 6) is -1.29. The summed E-state index contributed by atoms with van der Waals surface area (Å²) in [5, 5.41) is 33.3. The third kappa shape index (κ3) is 4.65. The second-order valence-electron chi connectivity index (χ2n) is 9.38. The molecule has 12 nitrogen and oxygen atoms in total. The molecule has 15 heteroatoms. The number of aliphatic hydroxyl groups excluding tert-OH is 3. The number of nitrogens with one attached hydrogen (secondary N) is 1. The van der Waals surface area contributed by atoms with E-state index in [1.165, 1.54) is 32.0 Å². The maximum absolute atomic E-state index is 13.4. The van der Waals surface area contributed by atoms with Crippen LogP contribution in [0.25, 0.3) is 0 Å². The summed E-state index contributed by atoms with van der Waals surface area (Å²) in [6.07, 6.45) is -5.59.